The molecule has 0 spiro atoms. The van der Waals surface area contributed by atoms with Crippen molar-refractivity contribution in [3.8, 4) is 0 Å². The lowest BCUT2D eigenvalue weighted by atomic mass is 10.1. The molecular weight excluding hydrogens is 244 g/mol. The van der Waals surface area contributed by atoms with Crippen molar-refractivity contribution in [3.63, 3.8) is 0 Å². The third kappa shape index (κ3) is 4.28. The zero-order chi connectivity index (χ0) is 13.8. The smallest absolute Gasteiger partial charge is 0.319 e. The number of amides is 2. The maximum Gasteiger partial charge on any atom is 0.319 e. The number of hydrogen-bond acceptors (Lipinski definition) is 2. The number of anilines is 1. The Bertz CT molecular complexity index is 487. The highest BCUT2D eigenvalue weighted by atomic mass is 16.4. The van der Waals surface area contributed by atoms with E-state index < -0.39 is 5.97 Å². The van der Waals surface area contributed by atoms with Crippen LogP contribution in [0, 0.1) is 11.8 Å². The molecule has 1 aromatic rings. The highest BCUT2D eigenvalue weighted by molar-refractivity contribution is 5.89. The molecule has 0 bridgehead atoms. The summed E-state index contributed by atoms with van der Waals surface area (Å²) in [6, 6.07) is 6.63. The maximum absolute atomic E-state index is 11.6. The Hall–Kier alpha value is -2.04. The van der Waals surface area contributed by atoms with Crippen LogP contribution in [-0.2, 0) is 11.2 Å². The Kier molecular flexibility index (Phi) is 4.04. The molecule has 0 heterocycles. The monoisotopic (exact) mass is 262 g/mol. The molecule has 1 saturated carbocycles. The fraction of sp³-hybridized carbons (Fsp3) is 0.429. The summed E-state index contributed by atoms with van der Waals surface area (Å²) in [4.78, 5) is 22.3. The average molecular weight is 262 g/mol. The molecule has 0 aliphatic heterocycles. The summed E-state index contributed by atoms with van der Waals surface area (Å²) in [7, 11) is 0. The van der Waals surface area contributed by atoms with Crippen molar-refractivity contribution in [2.24, 2.45) is 11.8 Å². The predicted octanol–water partition coefficient (Wildman–Crippen LogP) is 2.09. The first-order valence-corrected chi connectivity index (χ1v) is 6.40. The van der Waals surface area contributed by atoms with Gasteiger partial charge in [-0.2, -0.15) is 0 Å². The van der Waals surface area contributed by atoms with E-state index in [1.165, 1.54) is 6.42 Å². The molecule has 2 atom stereocenters. The van der Waals surface area contributed by atoms with Crippen molar-refractivity contribution >= 4 is 17.7 Å². The minimum atomic E-state index is -0.885. The molecule has 0 saturated heterocycles. The zero-order valence-electron chi connectivity index (χ0n) is 10.8. The molecule has 3 N–H and O–H groups in total. The quantitative estimate of drug-likeness (QED) is 0.760. The molecule has 1 aliphatic rings. The zero-order valence-corrected chi connectivity index (χ0v) is 10.8. The summed E-state index contributed by atoms with van der Waals surface area (Å²) in [5, 5.41) is 14.2. The largest absolute Gasteiger partial charge is 0.481 e. The van der Waals surface area contributed by atoms with Crippen molar-refractivity contribution in [1.29, 1.82) is 0 Å². The second-order valence-corrected chi connectivity index (χ2v) is 5.08. The summed E-state index contributed by atoms with van der Waals surface area (Å²) < 4.78 is 0. The van der Waals surface area contributed by atoms with Gasteiger partial charge in [-0.05, 0) is 36.0 Å². The number of carbonyl (C=O) groups is 2. The van der Waals surface area contributed by atoms with Crippen molar-refractivity contribution < 1.29 is 14.7 Å². The van der Waals surface area contributed by atoms with Crippen LogP contribution in [0.15, 0.2) is 24.3 Å². The van der Waals surface area contributed by atoms with Gasteiger partial charge in [0.25, 0.3) is 0 Å². The van der Waals surface area contributed by atoms with Gasteiger partial charge in [-0.1, -0.05) is 19.1 Å². The number of carbonyl (C=O) groups excluding carboxylic acids is 1. The van der Waals surface area contributed by atoms with Crippen molar-refractivity contribution in [2.45, 2.75) is 19.8 Å². The highest BCUT2D eigenvalue weighted by Crippen LogP contribution is 2.36. The first-order valence-electron chi connectivity index (χ1n) is 6.40. The van der Waals surface area contributed by atoms with Crippen LogP contribution in [0.3, 0.4) is 0 Å². The van der Waals surface area contributed by atoms with Crippen molar-refractivity contribution in [1.82, 2.24) is 5.32 Å². The van der Waals surface area contributed by atoms with E-state index in [0.29, 0.717) is 29.6 Å². The summed E-state index contributed by atoms with van der Waals surface area (Å²) in [5.74, 6) is 0.424. The van der Waals surface area contributed by atoms with Crippen LogP contribution in [-0.4, -0.2) is 23.7 Å². The molecule has 2 rings (SSSR count). The Labute approximate surface area is 112 Å². The predicted molar refractivity (Wildman–Crippen MR) is 72.1 cm³/mol. The Morgan fingerprint density at radius 1 is 1.42 bits per heavy atom. The van der Waals surface area contributed by atoms with E-state index >= 15 is 0 Å². The van der Waals surface area contributed by atoms with Crippen LogP contribution in [0.1, 0.15) is 18.9 Å². The van der Waals surface area contributed by atoms with E-state index in [9.17, 15) is 9.59 Å². The van der Waals surface area contributed by atoms with Gasteiger partial charge in [0, 0.05) is 12.2 Å². The molecule has 102 valence electrons. The second kappa shape index (κ2) is 5.73. The van der Waals surface area contributed by atoms with E-state index in [1.54, 1.807) is 24.3 Å². The van der Waals surface area contributed by atoms with Crippen LogP contribution in [0.5, 0.6) is 0 Å². The van der Waals surface area contributed by atoms with Crippen molar-refractivity contribution in [2.75, 3.05) is 11.9 Å². The van der Waals surface area contributed by atoms with E-state index in [1.807, 2.05) is 0 Å². The van der Waals surface area contributed by atoms with E-state index in [-0.39, 0.29) is 12.5 Å². The van der Waals surface area contributed by atoms with Gasteiger partial charge in [0.05, 0.1) is 6.42 Å². The van der Waals surface area contributed by atoms with Gasteiger partial charge in [-0.25, -0.2) is 4.79 Å². The summed E-state index contributed by atoms with van der Waals surface area (Å²) in [6.45, 7) is 2.86. The number of nitrogens with one attached hydrogen (secondary N) is 2. The third-order valence-electron chi connectivity index (χ3n) is 3.34. The van der Waals surface area contributed by atoms with Crippen LogP contribution in [0.2, 0.25) is 0 Å². The molecule has 1 fully saturated rings. The first-order chi connectivity index (χ1) is 9.04. The lowest BCUT2D eigenvalue weighted by molar-refractivity contribution is -0.136. The molecule has 2 unspecified atom stereocenters. The molecule has 1 aromatic carbocycles. The molecule has 0 aromatic heterocycles. The van der Waals surface area contributed by atoms with Gasteiger partial charge < -0.3 is 15.7 Å². The minimum Gasteiger partial charge on any atom is -0.481 e. The fourth-order valence-electron chi connectivity index (χ4n) is 2.02. The molecule has 5 heteroatoms. The number of urea groups is 1. The van der Waals surface area contributed by atoms with Gasteiger partial charge in [0.1, 0.15) is 0 Å². The van der Waals surface area contributed by atoms with Gasteiger partial charge in [-0.3, -0.25) is 4.79 Å². The molecule has 19 heavy (non-hydrogen) atoms. The second-order valence-electron chi connectivity index (χ2n) is 5.08. The molecular formula is C14H18N2O3. The third-order valence-corrected chi connectivity index (χ3v) is 3.34. The maximum atomic E-state index is 11.6. The SMILES string of the molecule is CC1CC1CNC(=O)Nc1cccc(CC(=O)O)c1. The average Bonchev–Trinajstić information content (AvgIpc) is 3.02. The topological polar surface area (TPSA) is 78.4 Å². The summed E-state index contributed by atoms with van der Waals surface area (Å²) in [6.07, 6.45) is 1.13. The number of carboxylic acids is 1. The van der Waals surface area contributed by atoms with Crippen LogP contribution in [0.25, 0.3) is 0 Å². The van der Waals surface area contributed by atoms with Crippen LogP contribution >= 0.6 is 0 Å². The Balaban J connectivity index is 1.83. The Morgan fingerprint density at radius 2 is 2.16 bits per heavy atom. The van der Waals surface area contributed by atoms with Gasteiger partial charge >= 0.3 is 12.0 Å². The fourth-order valence-corrected chi connectivity index (χ4v) is 2.02. The van der Waals surface area contributed by atoms with E-state index in [2.05, 4.69) is 17.6 Å². The standard InChI is InChI=1S/C14H18N2O3/c1-9-5-11(9)8-15-14(19)16-12-4-2-3-10(6-12)7-13(17)18/h2-4,6,9,11H,5,7-8H2,1H3,(H,17,18)(H2,15,16,19). The number of hydrogen-bond donors (Lipinski definition) is 3. The number of benzene rings is 1. The van der Waals surface area contributed by atoms with Gasteiger partial charge in [-0.15, -0.1) is 0 Å². The lowest BCUT2D eigenvalue weighted by Crippen LogP contribution is -2.30. The molecule has 5 nitrogen and oxygen atoms in total. The summed E-state index contributed by atoms with van der Waals surface area (Å²) in [5.41, 5.74) is 1.28. The van der Waals surface area contributed by atoms with Crippen LogP contribution < -0.4 is 10.6 Å². The van der Waals surface area contributed by atoms with Gasteiger partial charge in [0.15, 0.2) is 0 Å². The first kappa shape index (κ1) is 13.4. The molecule has 0 radical (unpaired) electrons. The summed E-state index contributed by atoms with van der Waals surface area (Å²) >= 11 is 0. The number of rotatable bonds is 5. The van der Waals surface area contributed by atoms with Crippen molar-refractivity contribution in [3.05, 3.63) is 29.8 Å². The lowest BCUT2D eigenvalue weighted by Gasteiger charge is -2.08. The molecule has 2 amide bonds. The van der Waals surface area contributed by atoms with E-state index in [0.717, 1.165) is 0 Å². The normalized spacial score (nSPS) is 20.7. The highest BCUT2D eigenvalue weighted by Gasteiger charge is 2.32. The van der Waals surface area contributed by atoms with Gasteiger partial charge in [0.2, 0.25) is 0 Å². The number of aliphatic carboxylic acids is 1. The molecule has 1 aliphatic carbocycles. The number of carboxylic acid groups (broad SMARTS) is 1. The minimum absolute atomic E-state index is 0.0449. The van der Waals surface area contributed by atoms with Crippen LogP contribution in [0.4, 0.5) is 10.5 Å². The van der Waals surface area contributed by atoms with E-state index in [4.69, 9.17) is 5.11 Å². The Morgan fingerprint density at radius 3 is 2.79 bits per heavy atom.